The molecular formula is C44H54N14. The lowest BCUT2D eigenvalue weighted by Crippen LogP contribution is -2.30. The molecule has 0 spiro atoms. The van der Waals surface area contributed by atoms with Crippen molar-refractivity contribution in [2.75, 3.05) is 52.4 Å². The number of nitrogens with zero attached hydrogens (tertiary/aromatic N) is 6. The van der Waals surface area contributed by atoms with E-state index in [0.717, 1.165) is 81.2 Å². The van der Waals surface area contributed by atoms with Gasteiger partial charge in [-0.1, -0.05) is 13.8 Å². The summed E-state index contributed by atoms with van der Waals surface area (Å²) in [6.07, 6.45) is 13.0. The van der Waals surface area contributed by atoms with Crippen LogP contribution in [-0.2, 0) is 10.8 Å². The van der Waals surface area contributed by atoms with Crippen LogP contribution in [0.1, 0.15) is 95.0 Å². The summed E-state index contributed by atoms with van der Waals surface area (Å²) >= 11 is 0. The smallest absolute Gasteiger partial charge is 0.0898 e. The summed E-state index contributed by atoms with van der Waals surface area (Å²) in [6, 6.07) is 25.4. The molecule has 0 radical (unpaired) electrons. The van der Waals surface area contributed by atoms with E-state index in [0.29, 0.717) is 52.4 Å². The lowest BCUT2D eigenvalue weighted by Gasteiger charge is -2.31. The maximum atomic E-state index is 4.90. The van der Waals surface area contributed by atoms with Crippen molar-refractivity contribution in [1.82, 2.24) is 29.9 Å². The van der Waals surface area contributed by atoms with Crippen LogP contribution in [0.5, 0.6) is 0 Å². The topological polar surface area (TPSA) is 221 Å². The van der Waals surface area contributed by atoms with Crippen molar-refractivity contribution in [3.63, 3.8) is 0 Å². The van der Waals surface area contributed by atoms with Gasteiger partial charge in [-0.15, -0.1) is 0 Å². The Bertz CT molecular complexity index is 1980. The summed E-state index contributed by atoms with van der Waals surface area (Å²) < 4.78 is 0. The fourth-order valence-corrected chi connectivity index (χ4v) is 7.75. The highest BCUT2D eigenvalue weighted by molar-refractivity contribution is 5.81. The van der Waals surface area contributed by atoms with Gasteiger partial charge in [0, 0.05) is 84.5 Å². The molecule has 300 valence electrons. The van der Waals surface area contributed by atoms with E-state index in [-0.39, 0.29) is 0 Å². The Balaban J connectivity index is 0.00000122. The van der Waals surface area contributed by atoms with Crippen molar-refractivity contribution in [2.45, 2.75) is 37.5 Å². The Hall–Kier alpha value is -6.38. The first-order chi connectivity index (χ1) is 28.5. The molecule has 6 aromatic heterocycles. The van der Waals surface area contributed by atoms with Crippen molar-refractivity contribution in [3.05, 3.63) is 141 Å². The van der Waals surface area contributed by atoms with E-state index >= 15 is 0 Å². The summed E-state index contributed by atoms with van der Waals surface area (Å²) in [5.41, 5.74) is 20.7. The highest BCUT2D eigenvalue weighted by atomic mass is 14.9. The minimum atomic E-state index is -0.521. The average molecular weight is 779 g/mol. The van der Waals surface area contributed by atoms with Crippen molar-refractivity contribution >= 4 is 37.3 Å². The highest BCUT2D eigenvalue weighted by Crippen LogP contribution is 2.42. The molecule has 0 aliphatic carbocycles. The van der Waals surface area contributed by atoms with E-state index in [1.54, 1.807) is 0 Å². The molecule has 0 saturated carbocycles. The number of hydrogen-bond acceptors (Lipinski definition) is 8. The third-order valence-corrected chi connectivity index (χ3v) is 10.7. The van der Waals surface area contributed by atoms with E-state index in [1.807, 2.05) is 37.3 Å². The Kier molecular flexibility index (Phi) is 12.9. The summed E-state index contributed by atoms with van der Waals surface area (Å²) in [5.74, 6) is 0. The molecule has 0 unspecified atom stereocenters. The Morgan fingerprint density at radius 1 is 0.362 bits per heavy atom. The fourth-order valence-electron chi connectivity index (χ4n) is 7.75. The molecule has 0 amide bonds. The normalized spacial score (nSPS) is 19.7. The summed E-state index contributed by atoms with van der Waals surface area (Å²) in [7, 11) is 0. The van der Waals surface area contributed by atoms with Crippen molar-refractivity contribution in [2.24, 2.45) is 41.4 Å². The third kappa shape index (κ3) is 8.48. The van der Waals surface area contributed by atoms with E-state index < -0.39 is 10.8 Å². The van der Waals surface area contributed by atoms with Gasteiger partial charge in [0.15, 0.2) is 0 Å². The van der Waals surface area contributed by atoms with Crippen molar-refractivity contribution in [3.8, 4) is 0 Å². The number of fused-ring (bicyclic) bond motifs is 9. The molecule has 0 aromatic carbocycles. The average Bonchev–Trinajstić information content (AvgIpc) is 4.10. The number of aromatic amines is 6. The second kappa shape index (κ2) is 18.7. The standard InChI is InChI=1S/C42H46N12.C2H8N2/c1-3-41-35-11-5-29(49-35)23-43-17-20-46-26-32-8-14-38(52-32)42(4-2,39-15-9-33(53-39)27-47-21-18-44-24-30-6-12-36(41)50-30)40-16-10-34(54-40)28-48-22-19-45-25-31-7-13-37(41)51-31;3-1-2-4/h5-16,23-28,49-54H,3-4,17-22H2,1-2H3;1-4H2. The van der Waals surface area contributed by atoms with Crippen LogP contribution in [-0.4, -0.2) is 120 Å². The predicted molar refractivity (Wildman–Crippen MR) is 238 cm³/mol. The Labute approximate surface area is 338 Å². The summed E-state index contributed by atoms with van der Waals surface area (Å²) in [5, 5.41) is 0. The molecule has 10 N–H and O–H groups in total. The fraction of sp³-hybridized carbons (Fsp3) is 0.318. The quantitative estimate of drug-likeness (QED) is 0.120. The molecule has 6 aromatic rings. The van der Waals surface area contributed by atoms with Gasteiger partial charge in [0.1, 0.15) is 0 Å². The van der Waals surface area contributed by atoms with Gasteiger partial charge in [0.25, 0.3) is 0 Å². The lowest BCUT2D eigenvalue weighted by molar-refractivity contribution is 0.549. The first kappa shape index (κ1) is 39.8. The SMILES string of the molecule is CCC12c3ccc([nH]3)C=NCCN=Cc3ccc([nH]3)C(CC)(c3ccc([nH]3)C=NCCN=Cc3ccc1[nH]3)c1ccc([nH]1)C=NCCN=Cc1ccc2[nH]1.NCCN. The van der Waals surface area contributed by atoms with Crippen molar-refractivity contribution in [1.29, 1.82) is 0 Å². The van der Waals surface area contributed by atoms with E-state index in [9.17, 15) is 0 Å². The van der Waals surface area contributed by atoms with Crippen LogP contribution >= 0.6 is 0 Å². The second-order valence-electron chi connectivity index (χ2n) is 14.3. The third-order valence-electron chi connectivity index (χ3n) is 10.7. The minimum absolute atomic E-state index is 0.521. The lowest BCUT2D eigenvalue weighted by atomic mass is 9.76. The number of aliphatic imine (C=N–C) groups is 6. The van der Waals surface area contributed by atoms with Crippen molar-refractivity contribution < 1.29 is 0 Å². The molecule has 14 bridgehead atoms. The van der Waals surface area contributed by atoms with Gasteiger partial charge in [-0.05, 0) is 85.6 Å². The van der Waals surface area contributed by atoms with Gasteiger partial charge >= 0.3 is 0 Å². The molecule has 3 aliphatic heterocycles. The van der Waals surface area contributed by atoms with Gasteiger partial charge in [0.2, 0.25) is 0 Å². The number of rotatable bonds is 3. The number of nitrogens with one attached hydrogen (secondary N) is 6. The van der Waals surface area contributed by atoms with Crippen LogP contribution in [0, 0.1) is 0 Å². The van der Waals surface area contributed by atoms with Crippen LogP contribution in [0.3, 0.4) is 0 Å². The van der Waals surface area contributed by atoms with Gasteiger partial charge in [0.05, 0.1) is 84.3 Å². The first-order valence-corrected chi connectivity index (χ1v) is 20.1. The molecule has 14 nitrogen and oxygen atoms in total. The maximum Gasteiger partial charge on any atom is 0.0898 e. The number of hydrogen-bond donors (Lipinski definition) is 8. The second-order valence-corrected chi connectivity index (χ2v) is 14.3. The molecule has 9 heterocycles. The molecule has 0 fully saturated rings. The molecule has 3 aliphatic rings. The summed E-state index contributed by atoms with van der Waals surface area (Å²) in [4.78, 5) is 50.4. The zero-order chi connectivity index (χ0) is 40.2. The van der Waals surface area contributed by atoms with E-state index in [2.05, 4.69) is 117 Å². The Morgan fingerprint density at radius 3 is 0.707 bits per heavy atom. The molecule has 14 heteroatoms. The van der Waals surface area contributed by atoms with Gasteiger partial charge in [-0.3, -0.25) is 30.0 Å². The van der Waals surface area contributed by atoms with Gasteiger partial charge in [-0.25, -0.2) is 0 Å². The van der Waals surface area contributed by atoms with Crippen LogP contribution in [0.4, 0.5) is 0 Å². The van der Waals surface area contributed by atoms with Gasteiger partial charge < -0.3 is 41.4 Å². The molecular weight excluding hydrogens is 725 g/mol. The molecule has 0 atom stereocenters. The van der Waals surface area contributed by atoms with Gasteiger partial charge in [-0.2, -0.15) is 0 Å². The monoisotopic (exact) mass is 778 g/mol. The largest absolute Gasteiger partial charge is 0.357 e. The predicted octanol–water partition coefficient (Wildman–Crippen LogP) is 5.29. The summed E-state index contributed by atoms with van der Waals surface area (Å²) in [6.45, 7) is 8.99. The van der Waals surface area contributed by atoms with E-state index in [4.69, 9.17) is 41.4 Å². The zero-order valence-corrected chi connectivity index (χ0v) is 33.3. The zero-order valence-electron chi connectivity index (χ0n) is 33.3. The van der Waals surface area contributed by atoms with E-state index in [1.165, 1.54) is 0 Å². The van der Waals surface area contributed by atoms with Crippen LogP contribution in [0.2, 0.25) is 0 Å². The minimum Gasteiger partial charge on any atom is -0.357 e. The maximum absolute atomic E-state index is 4.90. The number of aromatic nitrogens is 6. The van der Waals surface area contributed by atoms with Crippen LogP contribution < -0.4 is 11.5 Å². The number of nitrogens with two attached hydrogens (primary N) is 2. The molecule has 9 rings (SSSR count). The first-order valence-electron chi connectivity index (χ1n) is 20.1. The highest BCUT2D eigenvalue weighted by Gasteiger charge is 2.40. The molecule has 58 heavy (non-hydrogen) atoms. The molecule has 0 saturated heterocycles. The van der Waals surface area contributed by atoms with Crippen LogP contribution in [0.15, 0.2) is 103 Å². The Morgan fingerprint density at radius 2 is 0.552 bits per heavy atom. The number of H-pyrrole nitrogens is 6. The van der Waals surface area contributed by atoms with Crippen LogP contribution in [0.25, 0.3) is 0 Å².